The number of carbonyl (C=O) groups is 1. The number of carboxylic acid groups (broad SMARTS) is 1. The molecule has 2 aromatic carbocycles. The minimum atomic E-state index is -2.40. The third-order valence-electron chi connectivity index (χ3n) is 5.36. The van der Waals surface area contributed by atoms with Crippen LogP contribution in [0.5, 0.6) is 5.75 Å². The Morgan fingerprint density at radius 1 is 0.912 bits per heavy atom. The van der Waals surface area contributed by atoms with E-state index in [2.05, 4.69) is 4.98 Å². The van der Waals surface area contributed by atoms with Crippen molar-refractivity contribution in [1.29, 1.82) is 0 Å². The molecule has 180 valence electrons. The van der Waals surface area contributed by atoms with Crippen molar-refractivity contribution >= 4 is 5.97 Å². The first-order valence-corrected chi connectivity index (χ1v) is 11.1. The Bertz CT molecular complexity index is 1040. The van der Waals surface area contributed by atoms with Crippen LogP contribution in [0.2, 0.25) is 0 Å². The summed E-state index contributed by atoms with van der Waals surface area (Å²) in [6, 6.07) is 18.8. The van der Waals surface area contributed by atoms with Gasteiger partial charge in [0.15, 0.2) is 0 Å². The number of rotatable bonds is 13. The van der Waals surface area contributed by atoms with Gasteiger partial charge in [-0.2, -0.15) is 4.39 Å². The summed E-state index contributed by atoms with van der Waals surface area (Å²) in [6.45, 7) is 0.612. The molecule has 7 nitrogen and oxygen atoms in total. The quantitative estimate of drug-likeness (QED) is 0.198. The third kappa shape index (κ3) is 7.34. The van der Waals surface area contributed by atoms with Crippen LogP contribution in [0, 0.1) is 5.95 Å². The number of para-hydroxylation sites is 1. The van der Waals surface area contributed by atoms with Gasteiger partial charge in [-0.3, -0.25) is 4.79 Å². The zero-order valence-corrected chi connectivity index (χ0v) is 18.8. The summed E-state index contributed by atoms with van der Waals surface area (Å²) in [4.78, 5) is 15.8. The van der Waals surface area contributed by atoms with E-state index in [0.29, 0.717) is 37.2 Å². The normalized spacial score (nSPS) is 11.5. The van der Waals surface area contributed by atoms with Crippen LogP contribution < -0.4 is 4.74 Å². The molecule has 0 aliphatic heterocycles. The number of benzene rings is 2. The predicted molar refractivity (Wildman–Crippen MR) is 124 cm³/mol. The number of carboxylic acids is 1. The van der Waals surface area contributed by atoms with E-state index in [1.807, 2.05) is 30.3 Å². The van der Waals surface area contributed by atoms with Crippen LogP contribution in [-0.2, 0) is 23.8 Å². The van der Waals surface area contributed by atoms with E-state index >= 15 is 0 Å². The predicted octanol–water partition coefficient (Wildman–Crippen LogP) is 4.04. The lowest BCUT2D eigenvalue weighted by Gasteiger charge is -2.36. The molecule has 0 bridgehead atoms. The topological polar surface area (TPSA) is 103 Å². The van der Waals surface area contributed by atoms with E-state index in [1.54, 1.807) is 30.3 Å². The molecule has 0 unspecified atom stereocenters. The van der Waals surface area contributed by atoms with E-state index in [-0.39, 0.29) is 25.1 Å². The fourth-order valence-electron chi connectivity index (χ4n) is 3.58. The zero-order chi connectivity index (χ0) is 24.4. The lowest BCUT2D eigenvalue weighted by molar-refractivity contribution is -0.283. The van der Waals surface area contributed by atoms with E-state index in [4.69, 9.17) is 9.84 Å². The molecule has 3 rings (SSSR count). The number of hydrogen-bond donors (Lipinski definition) is 3. The Kier molecular flexibility index (Phi) is 9.09. The first kappa shape index (κ1) is 25.3. The van der Waals surface area contributed by atoms with Crippen LogP contribution in [0.3, 0.4) is 0 Å². The average Bonchev–Trinajstić information content (AvgIpc) is 2.83. The van der Waals surface area contributed by atoms with Crippen molar-refractivity contribution < 1.29 is 29.2 Å². The van der Waals surface area contributed by atoms with Crippen molar-refractivity contribution in [3.63, 3.8) is 0 Å². The SMILES string of the molecule is O=C(O)CCCCCOc1ccccc1C(O)(O)N(Cc1ccccc1)Cc1ccc(F)nc1. The van der Waals surface area contributed by atoms with Gasteiger partial charge in [0, 0.05) is 25.7 Å². The fraction of sp³-hybridized carbons (Fsp3) is 0.308. The molecule has 3 aromatic rings. The first-order chi connectivity index (χ1) is 16.4. The maximum atomic E-state index is 13.3. The Balaban J connectivity index is 1.79. The van der Waals surface area contributed by atoms with E-state index in [9.17, 15) is 19.4 Å². The summed E-state index contributed by atoms with van der Waals surface area (Å²) in [5, 5.41) is 31.4. The van der Waals surface area contributed by atoms with Gasteiger partial charge in [0.1, 0.15) is 5.75 Å². The number of aromatic nitrogens is 1. The van der Waals surface area contributed by atoms with Crippen LogP contribution in [0.25, 0.3) is 0 Å². The van der Waals surface area contributed by atoms with E-state index in [0.717, 1.165) is 5.56 Å². The minimum absolute atomic E-state index is 0.0959. The van der Waals surface area contributed by atoms with Crippen molar-refractivity contribution in [2.45, 2.75) is 44.7 Å². The highest BCUT2D eigenvalue weighted by atomic mass is 19.1. The fourth-order valence-corrected chi connectivity index (χ4v) is 3.58. The van der Waals surface area contributed by atoms with Crippen molar-refractivity contribution in [3.05, 3.63) is 95.6 Å². The molecule has 0 fully saturated rings. The number of pyridine rings is 1. The molecule has 0 amide bonds. The van der Waals surface area contributed by atoms with Crippen molar-refractivity contribution in [2.75, 3.05) is 6.61 Å². The summed E-state index contributed by atoms with van der Waals surface area (Å²) < 4.78 is 19.1. The average molecular weight is 469 g/mol. The monoisotopic (exact) mass is 468 g/mol. The van der Waals surface area contributed by atoms with Gasteiger partial charge in [0.25, 0.3) is 5.91 Å². The number of aliphatic hydroxyl groups is 2. The van der Waals surface area contributed by atoms with Gasteiger partial charge in [0.05, 0.1) is 12.2 Å². The molecule has 0 aliphatic carbocycles. The van der Waals surface area contributed by atoms with Gasteiger partial charge in [-0.05, 0) is 48.6 Å². The lowest BCUT2D eigenvalue weighted by atomic mass is 10.1. The highest BCUT2D eigenvalue weighted by Crippen LogP contribution is 2.33. The Morgan fingerprint density at radius 3 is 2.32 bits per heavy atom. The number of halogens is 1. The molecule has 8 heteroatoms. The van der Waals surface area contributed by atoms with Crippen LogP contribution in [-0.4, -0.2) is 37.8 Å². The van der Waals surface area contributed by atoms with Gasteiger partial charge in [0.2, 0.25) is 5.95 Å². The summed E-state index contributed by atoms with van der Waals surface area (Å²) in [6.07, 6.45) is 3.36. The van der Waals surface area contributed by atoms with Gasteiger partial charge >= 0.3 is 5.97 Å². The molecule has 0 saturated carbocycles. The second kappa shape index (κ2) is 12.2. The molecule has 0 atom stereocenters. The van der Waals surface area contributed by atoms with Crippen molar-refractivity contribution in [1.82, 2.24) is 9.88 Å². The summed E-state index contributed by atoms with van der Waals surface area (Å²) in [5.41, 5.74) is 1.65. The van der Waals surface area contributed by atoms with Crippen LogP contribution >= 0.6 is 0 Å². The van der Waals surface area contributed by atoms with Crippen LogP contribution in [0.1, 0.15) is 42.4 Å². The minimum Gasteiger partial charge on any atom is -0.493 e. The molecule has 0 radical (unpaired) electrons. The largest absolute Gasteiger partial charge is 0.493 e. The molecule has 1 heterocycles. The number of hydrogen-bond acceptors (Lipinski definition) is 6. The highest BCUT2D eigenvalue weighted by molar-refractivity contribution is 5.66. The van der Waals surface area contributed by atoms with E-state index < -0.39 is 17.8 Å². The third-order valence-corrected chi connectivity index (χ3v) is 5.36. The molecule has 1 aromatic heterocycles. The number of ether oxygens (including phenoxy) is 1. The van der Waals surface area contributed by atoms with E-state index in [1.165, 1.54) is 17.2 Å². The number of aliphatic carboxylic acids is 1. The maximum absolute atomic E-state index is 13.3. The van der Waals surface area contributed by atoms with Gasteiger partial charge < -0.3 is 20.1 Å². The second-order valence-electron chi connectivity index (χ2n) is 8.02. The zero-order valence-electron chi connectivity index (χ0n) is 18.8. The van der Waals surface area contributed by atoms with Crippen LogP contribution in [0.15, 0.2) is 72.9 Å². The standard InChI is InChI=1S/C26H29FN2O5/c27-24-15-14-21(17-28-24)19-29(18-20-9-3-1-4-10-20)26(32,33)22-11-6-7-12-23(22)34-16-8-2-5-13-25(30)31/h1,3-4,6-7,9-12,14-15,17,32-33H,2,5,8,13,16,18-19H2,(H,30,31). The van der Waals surface area contributed by atoms with Gasteiger partial charge in [-0.1, -0.05) is 48.5 Å². The molecular formula is C26H29FN2O5. The number of nitrogens with zero attached hydrogens (tertiary/aromatic N) is 2. The molecule has 0 saturated heterocycles. The maximum Gasteiger partial charge on any atom is 0.303 e. The summed E-state index contributed by atoms with van der Waals surface area (Å²) in [7, 11) is 0. The van der Waals surface area contributed by atoms with Gasteiger partial charge in [-0.15, -0.1) is 0 Å². The molecular weight excluding hydrogens is 439 g/mol. The van der Waals surface area contributed by atoms with Crippen molar-refractivity contribution in [3.8, 4) is 5.75 Å². The molecule has 34 heavy (non-hydrogen) atoms. The van der Waals surface area contributed by atoms with Gasteiger partial charge in [-0.25, -0.2) is 9.88 Å². The molecule has 0 spiro atoms. The lowest BCUT2D eigenvalue weighted by Crippen LogP contribution is -2.45. The van der Waals surface area contributed by atoms with Crippen LogP contribution in [0.4, 0.5) is 4.39 Å². The highest BCUT2D eigenvalue weighted by Gasteiger charge is 2.37. The second-order valence-corrected chi connectivity index (χ2v) is 8.02. The smallest absolute Gasteiger partial charge is 0.303 e. The Labute approximate surface area is 198 Å². The Hall–Kier alpha value is -3.33. The van der Waals surface area contributed by atoms with Crippen molar-refractivity contribution in [2.24, 2.45) is 0 Å². The molecule has 3 N–H and O–H groups in total. The first-order valence-electron chi connectivity index (χ1n) is 11.1. The summed E-state index contributed by atoms with van der Waals surface area (Å²) in [5.74, 6) is -3.52. The molecule has 0 aliphatic rings. The Morgan fingerprint density at radius 2 is 1.62 bits per heavy atom. The number of unbranched alkanes of at least 4 members (excludes halogenated alkanes) is 2. The summed E-state index contributed by atoms with van der Waals surface area (Å²) >= 11 is 0.